The van der Waals surface area contributed by atoms with Crippen LogP contribution in [0.3, 0.4) is 0 Å². The minimum absolute atomic E-state index is 0.543. The van der Waals surface area contributed by atoms with Crippen LogP contribution in [-0.4, -0.2) is 43.2 Å². The Hall–Kier alpha value is -3.10. The molecule has 0 unspecified atom stereocenters. The molecule has 5 aromatic heterocycles. The van der Waals surface area contributed by atoms with Gasteiger partial charge >= 0.3 is 0 Å². The van der Waals surface area contributed by atoms with E-state index in [-0.39, 0.29) is 0 Å². The van der Waals surface area contributed by atoms with Crippen molar-refractivity contribution >= 4 is 33.4 Å². The molecule has 1 aliphatic rings. The number of fused-ring (bicyclic) bond motifs is 2. The van der Waals surface area contributed by atoms with E-state index in [9.17, 15) is 0 Å². The lowest BCUT2D eigenvalue weighted by molar-refractivity contribution is 0.460. The molecule has 0 aliphatic carbocycles. The second kappa shape index (κ2) is 6.75. The van der Waals surface area contributed by atoms with E-state index in [0.717, 1.165) is 70.1 Å². The quantitative estimate of drug-likeness (QED) is 0.423. The maximum Gasteiger partial charge on any atom is 0.181 e. The molecule has 7 nitrogen and oxygen atoms in total. The van der Waals surface area contributed by atoms with Gasteiger partial charge in [0.25, 0.3) is 0 Å². The van der Waals surface area contributed by atoms with Crippen molar-refractivity contribution in [1.29, 1.82) is 0 Å². The van der Waals surface area contributed by atoms with E-state index in [0.29, 0.717) is 5.92 Å². The molecule has 0 atom stereocenters. The van der Waals surface area contributed by atoms with Crippen molar-refractivity contribution in [3.63, 3.8) is 0 Å². The highest BCUT2D eigenvalue weighted by Gasteiger charge is 2.20. The van der Waals surface area contributed by atoms with E-state index < -0.39 is 0 Å². The van der Waals surface area contributed by atoms with E-state index in [1.54, 1.807) is 11.3 Å². The largest absolute Gasteiger partial charge is 0.337 e. The van der Waals surface area contributed by atoms with Crippen LogP contribution in [0.4, 0.5) is 0 Å². The van der Waals surface area contributed by atoms with Crippen LogP contribution in [0.5, 0.6) is 0 Å². The van der Waals surface area contributed by atoms with Crippen molar-refractivity contribution in [3.05, 3.63) is 47.6 Å². The van der Waals surface area contributed by atoms with Crippen LogP contribution in [0.1, 0.15) is 24.3 Å². The number of piperidine rings is 1. The number of rotatable bonds is 3. The van der Waals surface area contributed by atoms with Crippen molar-refractivity contribution in [2.45, 2.75) is 18.8 Å². The summed E-state index contributed by atoms with van der Waals surface area (Å²) in [6, 6.07) is 8.29. The van der Waals surface area contributed by atoms with Crippen LogP contribution in [0.15, 0.2) is 42.0 Å². The average Bonchev–Trinajstić information content (AvgIpc) is 3.52. The number of H-pyrrole nitrogens is 2. The first-order valence-corrected chi connectivity index (χ1v) is 10.7. The average molecular weight is 401 g/mol. The van der Waals surface area contributed by atoms with Gasteiger partial charge in [0.1, 0.15) is 16.9 Å². The lowest BCUT2D eigenvalue weighted by Crippen LogP contribution is -2.26. The first-order valence-electron chi connectivity index (χ1n) is 9.80. The summed E-state index contributed by atoms with van der Waals surface area (Å²) in [6.07, 6.45) is 6.07. The maximum atomic E-state index is 4.88. The zero-order chi connectivity index (χ0) is 19.2. The van der Waals surface area contributed by atoms with Crippen LogP contribution in [0, 0.1) is 0 Å². The molecule has 6 rings (SSSR count). The van der Waals surface area contributed by atoms with Crippen LogP contribution in [0.25, 0.3) is 44.2 Å². The number of aromatic nitrogens is 6. The fraction of sp³-hybridized carbons (Fsp3) is 0.238. The molecule has 3 N–H and O–H groups in total. The Morgan fingerprint density at radius 1 is 1.10 bits per heavy atom. The van der Waals surface area contributed by atoms with Gasteiger partial charge in [-0.05, 0) is 61.0 Å². The van der Waals surface area contributed by atoms with Crippen molar-refractivity contribution in [1.82, 2.24) is 35.5 Å². The molecule has 1 aliphatic heterocycles. The third-order valence-electron chi connectivity index (χ3n) is 5.63. The first-order chi connectivity index (χ1) is 14.4. The second-order valence-electron chi connectivity index (χ2n) is 7.38. The molecular formula is C21H19N7S. The van der Waals surface area contributed by atoms with Crippen LogP contribution in [-0.2, 0) is 0 Å². The number of nitrogens with one attached hydrogen (secondary N) is 3. The van der Waals surface area contributed by atoms with Gasteiger partial charge < -0.3 is 10.3 Å². The minimum Gasteiger partial charge on any atom is -0.337 e. The van der Waals surface area contributed by atoms with E-state index in [2.05, 4.69) is 48.0 Å². The van der Waals surface area contributed by atoms with Crippen molar-refractivity contribution < 1.29 is 0 Å². The highest BCUT2D eigenvalue weighted by Crippen LogP contribution is 2.33. The summed E-state index contributed by atoms with van der Waals surface area (Å²) in [5, 5.41) is 14.0. The summed E-state index contributed by atoms with van der Waals surface area (Å²) < 4.78 is 0. The van der Waals surface area contributed by atoms with Gasteiger partial charge in [0.15, 0.2) is 11.5 Å². The smallest absolute Gasteiger partial charge is 0.181 e. The van der Waals surface area contributed by atoms with Crippen LogP contribution in [0.2, 0.25) is 0 Å². The molecule has 8 heteroatoms. The monoisotopic (exact) mass is 401 g/mol. The Balaban J connectivity index is 1.48. The summed E-state index contributed by atoms with van der Waals surface area (Å²) >= 11 is 1.67. The minimum atomic E-state index is 0.543. The Morgan fingerprint density at radius 3 is 2.90 bits per heavy atom. The Morgan fingerprint density at radius 2 is 2.03 bits per heavy atom. The second-order valence-corrected chi connectivity index (χ2v) is 8.33. The highest BCUT2D eigenvalue weighted by molar-refractivity contribution is 7.13. The third kappa shape index (κ3) is 2.83. The molecule has 5 aromatic rings. The SMILES string of the molecule is c1csc(-c2nccc3[nH]c(-c4[nH]nc5ncc(C6CCNCC6)cc45)nc23)c1. The van der Waals surface area contributed by atoms with Gasteiger partial charge in [-0.15, -0.1) is 11.3 Å². The van der Waals surface area contributed by atoms with Gasteiger partial charge in [-0.2, -0.15) is 5.10 Å². The first kappa shape index (κ1) is 16.8. The summed E-state index contributed by atoms with van der Waals surface area (Å²) in [5.41, 5.74) is 5.60. The van der Waals surface area contributed by atoms with Gasteiger partial charge in [-0.25, -0.2) is 9.97 Å². The number of imidazole rings is 1. The zero-order valence-electron chi connectivity index (χ0n) is 15.6. The van der Waals surface area contributed by atoms with E-state index in [1.165, 1.54) is 5.56 Å². The summed E-state index contributed by atoms with van der Waals surface area (Å²) in [4.78, 5) is 18.6. The fourth-order valence-corrected chi connectivity index (χ4v) is 4.84. The lowest BCUT2D eigenvalue weighted by atomic mass is 9.91. The van der Waals surface area contributed by atoms with Gasteiger partial charge in [0.2, 0.25) is 0 Å². The zero-order valence-corrected chi connectivity index (χ0v) is 16.5. The predicted octanol–water partition coefficient (Wildman–Crippen LogP) is 4.09. The predicted molar refractivity (Wildman–Crippen MR) is 115 cm³/mol. The third-order valence-corrected chi connectivity index (χ3v) is 6.51. The van der Waals surface area contributed by atoms with Crippen LogP contribution < -0.4 is 5.32 Å². The topological polar surface area (TPSA) is 95.2 Å². The molecular weight excluding hydrogens is 382 g/mol. The van der Waals surface area contributed by atoms with Crippen molar-refractivity contribution in [2.75, 3.05) is 13.1 Å². The van der Waals surface area contributed by atoms with Crippen LogP contribution >= 0.6 is 11.3 Å². The number of hydrogen-bond donors (Lipinski definition) is 3. The Labute approximate surface area is 170 Å². The standard InChI is InChI=1S/C21H19N7S/c1-2-16(29-9-1)19-18-15(5-8-23-19)25-21(26-18)17-14-10-13(11-24-20(14)28-27-17)12-3-6-22-7-4-12/h1-2,5,8-12,22H,3-4,6-7H2,(H,25,26)(H,24,27,28). The molecule has 0 radical (unpaired) electrons. The molecule has 1 fully saturated rings. The van der Waals surface area contributed by atoms with Crippen molar-refractivity contribution in [3.8, 4) is 22.1 Å². The summed E-state index contributed by atoms with van der Waals surface area (Å²) in [7, 11) is 0. The summed E-state index contributed by atoms with van der Waals surface area (Å²) in [5.74, 6) is 1.30. The molecule has 0 saturated carbocycles. The molecule has 0 spiro atoms. The van der Waals surface area contributed by atoms with Gasteiger partial charge in [-0.1, -0.05) is 6.07 Å². The molecule has 0 aromatic carbocycles. The molecule has 6 heterocycles. The number of aromatic amines is 2. The molecule has 1 saturated heterocycles. The number of hydrogen-bond acceptors (Lipinski definition) is 6. The Bertz CT molecular complexity index is 1300. The van der Waals surface area contributed by atoms with E-state index >= 15 is 0 Å². The number of nitrogens with zero attached hydrogens (tertiary/aromatic N) is 4. The molecule has 144 valence electrons. The normalized spacial score (nSPS) is 15.4. The van der Waals surface area contributed by atoms with E-state index in [1.807, 2.05) is 24.5 Å². The van der Waals surface area contributed by atoms with Gasteiger partial charge in [0.05, 0.1) is 15.8 Å². The van der Waals surface area contributed by atoms with E-state index in [4.69, 9.17) is 4.98 Å². The molecule has 0 bridgehead atoms. The Kier molecular flexibility index (Phi) is 3.92. The summed E-state index contributed by atoms with van der Waals surface area (Å²) in [6.45, 7) is 2.12. The number of pyridine rings is 2. The molecule has 0 amide bonds. The fourth-order valence-electron chi connectivity index (χ4n) is 4.12. The van der Waals surface area contributed by atoms with Crippen molar-refractivity contribution in [2.24, 2.45) is 0 Å². The highest BCUT2D eigenvalue weighted by atomic mass is 32.1. The van der Waals surface area contributed by atoms with Gasteiger partial charge in [0, 0.05) is 12.4 Å². The maximum absolute atomic E-state index is 4.88. The lowest BCUT2D eigenvalue weighted by Gasteiger charge is -2.22. The van der Waals surface area contributed by atoms with Gasteiger partial charge in [-0.3, -0.25) is 10.1 Å². The number of thiophene rings is 1. The molecule has 29 heavy (non-hydrogen) atoms.